The van der Waals surface area contributed by atoms with Crippen LogP contribution in [0.25, 0.3) is 0 Å². The van der Waals surface area contributed by atoms with Gasteiger partial charge in [-0.05, 0) is 56.7 Å². The van der Waals surface area contributed by atoms with Crippen molar-refractivity contribution >= 4 is 34.8 Å². The molecule has 39 heavy (non-hydrogen) atoms. The first-order chi connectivity index (χ1) is 18.8. The number of carbonyl (C=O) groups excluding carboxylic acids is 3. The molecule has 0 unspecified atom stereocenters. The molecule has 10 nitrogen and oxygen atoms in total. The molecule has 1 atom stereocenters. The van der Waals surface area contributed by atoms with E-state index in [2.05, 4.69) is 0 Å². The SMILES string of the molecule is CCOC(=O)C1=C(C)N=C2SC=C(CC(=O)N3CCC(C(=O)OCC)CC3)N2[C@@H]1c1cc(OC)cc(OC)c1. The minimum Gasteiger partial charge on any atom is -0.497 e. The molecule has 3 aliphatic heterocycles. The van der Waals surface area contributed by atoms with Gasteiger partial charge in [0.15, 0.2) is 5.17 Å². The van der Waals surface area contributed by atoms with Gasteiger partial charge in [-0.1, -0.05) is 11.8 Å². The summed E-state index contributed by atoms with van der Waals surface area (Å²) in [5, 5.41) is 2.59. The maximum absolute atomic E-state index is 13.4. The Morgan fingerprint density at radius 2 is 1.64 bits per heavy atom. The highest BCUT2D eigenvalue weighted by Gasteiger charge is 2.42. The summed E-state index contributed by atoms with van der Waals surface area (Å²) in [4.78, 5) is 47.2. The van der Waals surface area contributed by atoms with Crippen LogP contribution in [-0.4, -0.2) is 73.3 Å². The number of piperidine rings is 1. The molecule has 1 aromatic rings. The number of amidine groups is 1. The third-order valence-electron chi connectivity index (χ3n) is 6.99. The summed E-state index contributed by atoms with van der Waals surface area (Å²) >= 11 is 1.42. The molecule has 1 amide bonds. The Labute approximate surface area is 233 Å². The largest absolute Gasteiger partial charge is 0.497 e. The van der Waals surface area contributed by atoms with E-state index in [-0.39, 0.29) is 30.8 Å². The zero-order chi connectivity index (χ0) is 28.1. The van der Waals surface area contributed by atoms with Crippen molar-refractivity contribution in [2.24, 2.45) is 10.9 Å². The van der Waals surface area contributed by atoms with E-state index >= 15 is 0 Å². The first-order valence-corrected chi connectivity index (χ1v) is 14.0. The molecule has 0 radical (unpaired) electrons. The van der Waals surface area contributed by atoms with Crippen molar-refractivity contribution in [1.82, 2.24) is 9.80 Å². The molecule has 0 aromatic heterocycles. The lowest BCUT2D eigenvalue weighted by Gasteiger charge is -2.37. The standard InChI is InChI=1S/C28H35N3O7S/c1-6-37-26(33)18-8-10-30(11-9-18)23(32)14-20-16-39-28-29-17(3)24(27(34)38-7-2)25(31(20)28)19-12-21(35-4)15-22(13-19)36-5/h12-13,15-16,18,25H,6-11,14H2,1-5H3/t25-/m1/s1. The second kappa shape index (κ2) is 12.6. The predicted octanol–water partition coefficient (Wildman–Crippen LogP) is 4.03. The number of ether oxygens (including phenoxy) is 4. The molecule has 210 valence electrons. The molecule has 3 aliphatic rings. The summed E-state index contributed by atoms with van der Waals surface area (Å²) in [5.41, 5.74) is 2.43. The van der Waals surface area contributed by atoms with E-state index in [1.807, 2.05) is 22.4 Å². The van der Waals surface area contributed by atoms with Crippen molar-refractivity contribution < 1.29 is 33.3 Å². The second-order valence-corrected chi connectivity index (χ2v) is 10.2. The lowest BCUT2D eigenvalue weighted by Crippen LogP contribution is -2.42. The molecule has 4 rings (SSSR count). The van der Waals surface area contributed by atoms with Crippen LogP contribution in [0.15, 0.2) is 45.6 Å². The van der Waals surface area contributed by atoms with E-state index < -0.39 is 12.0 Å². The molecule has 1 aromatic carbocycles. The number of likely N-dealkylation sites (tertiary alicyclic amines) is 1. The first kappa shape index (κ1) is 28.5. The van der Waals surface area contributed by atoms with Crippen molar-refractivity contribution in [2.45, 2.75) is 46.1 Å². The minimum absolute atomic E-state index is 0.0451. The van der Waals surface area contributed by atoms with E-state index in [1.165, 1.54) is 11.8 Å². The summed E-state index contributed by atoms with van der Waals surface area (Å²) in [6.07, 6.45) is 1.29. The van der Waals surface area contributed by atoms with Crippen LogP contribution in [0.3, 0.4) is 0 Å². The van der Waals surface area contributed by atoms with E-state index in [9.17, 15) is 14.4 Å². The Hall–Kier alpha value is -3.47. The summed E-state index contributed by atoms with van der Waals surface area (Å²) in [6.45, 7) is 6.90. The summed E-state index contributed by atoms with van der Waals surface area (Å²) in [5.74, 6) is 0.270. The lowest BCUT2D eigenvalue weighted by atomic mass is 9.93. The van der Waals surface area contributed by atoms with Gasteiger partial charge in [-0.25, -0.2) is 9.79 Å². The number of fused-ring (bicyclic) bond motifs is 1. The fourth-order valence-electron chi connectivity index (χ4n) is 5.03. The smallest absolute Gasteiger partial charge is 0.338 e. The average Bonchev–Trinajstić information content (AvgIpc) is 3.33. The number of aliphatic imine (C=N–C) groups is 1. The molecular weight excluding hydrogens is 522 g/mol. The number of rotatable bonds is 9. The molecule has 1 saturated heterocycles. The van der Waals surface area contributed by atoms with Gasteiger partial charge in [-0.15, -0.1) is 0 Å². The van der Waals surface area contributed by atoms with Crippen LogP contribution in [0.2, 0.25) is 0 Å². The maximum atomic E-state index is 13.4. The highest BCUT2D eigenvalue weighted by atomic mass is 32.2. The Bertz CT molecular complexity index is 1200. The first-order valence-electron chi connectivity index (χ1n) is 13.1. The van der Waals surface area contributed by atoms with Crippen LogP contribution >= 0.6 is 11.8 Å². The molecular formula is C28H35N3O7S. The van der Waals surface area contributed by atoms with Crippen LogP contribution in [-0.2, 0) is 23.9 Å². The zero-order valence-corrected chi connectivity index (χ0v) is 23.8. The van der Waals surface area contributed by atoms with Gasteiger partial charge in [-0.3, -0.25) is 9.59 Å². The summed E-state index contributed by atoms with van der Waals surface area (Å²) in [7, 11) is 3.14. The van der Waals surface area contributed by atoms with Gasteiger partial charge in [0.1, 0.15) is 11.5 Å². The highest BCUT2D eigenvalue weighted by molar-refractivity contribution is 8.16. The lowest BCUT2D eigenvalue weighted by molar-refractivity contribution is -0.151. The van der Waals surface area contributed by atoms with Gasteiger partial charge >= 0.3 is 11.9 Å². The monoisotopic (exact) mass is 557 g/mol. The molecule has 0 N–H and O–H groups in total. The second-order valence-electron chi connectivity index (χ2n) is 9.34. The van der Waals surface area contributed by atoms with Crippen LogP contribution in [0.4, 0.5) is 0 Å². The summed E-state index contributed by atoms with van der Waals surface area (Å²) in [6, 6.07) is 4.88. The van der Waals surface area contributed by atoms with Gasteiger partial charge in [0.25, 0.3) is 0 Å². The molecule has 0 spiro atoms. The number of methoxy groups -OCH3 is 2. The Morgan fingerprint density at radius 1 is 1.00 bits per heavy atom. The number of hydrogen-bond donors (Lipinski definition) is 0. The number of thioether (sulfide) groups is 1. The maximum Gasteiger partial charge on any atom is 0.338 e. The predicted molar refractivity (Wildman–Crippen MR) is 147 cm³/mol. The van der Waals surface area contributed by atoms with Gasteiger partial charge < -0.3 is 28.7 Å². The van der Waals surface area contributed by atoms with Crippen LogP contribution in [0, 0.1) is 5.92 Å². The molecule has 0 bridgehead atoms. The number of carbonyl (C=O) groups is 3. The number of amides is 1. The van der Waals surface area contributed by atoms with Crippen molar-refractivity contribution in [3.63, 3.8) is 0 Å². The fourth-order valence-corrected chi connectivity index (χ4v) is 6.00. The average molecular weight is 558 g/mol. The van der Waals surface area contributed by atoms with Crippen molar-refractivity contribution in [3.8, 4) is 11.5 Å². The molecule has 0 saturated carbocycles. The van der Waals surface area contributed by atoms with Crippen LogP contribution in [0.1, 0.15) is 51.6 Å². The van der Waals surface area contributed by atoms with Crippen molar-refractivity contribution in [2.75, 3.05) is 40.5 Å². The van der Waals surface area contributed by atoms with E-state index in [0.717, 1.165) is 11.3 Å². The van der Waals surface area contributed by atoms with Gasteiger partial charge in [0, 0.05) is 24.9 Å². The number of hydrogen-bond acceptors (Lipinski definition) is 10. The Morgan fingerprint density at radius 3 is 2.23 bits per heavy atom. The number of allylic oxidation sites excluding steroid dienone is 1. The molecule has 0 aliphatic carbocycles. The number of esters is 2. The van der Waals surface area contributed by atoms with Crippen LogP contribution in [0.5, 0.6) is 11.5 Å². The minimum atomic E-state index is -0.593. The third kappa shape index (κ3) is 6.08. The molecule has 3 heterocycles. The Balaban J connectivity index is 1.62. The third-order valence-corrected chi connectivity index (χ3v) is 7.87. The molecule has 1 fully saturated rings. The normalized spacial score (nSPS) is 19.3. The topological polar surface area (TPSA) is 107 Å². The van der Waals surface area contributed by atoms with Crippen molar-refractivity contribution in [3.05, 3.63) is 46.1 Å². The van der Waals surface area contributed by atoms with Gasteiger partial charge in [-0.2, -0.15) is 0 Å². The van der Waals surface area contributed by atoms with E-state index in [1.54, 1.807) is 46.0 Å². The Kier molecular flexibility index (Phi) is 9.21. The quantitative estimate of drug-likeness (QED) is 0.416. The van der Waals surface area contributed by atoms with Gasteiger partial charge in [0.05, 0.1) is 57.1 Å². The van der Waals surface area contributed by atoms with E-state index in [4.69, 9.17) is 23.9 Å². The van der Waals surface area contributed by atoms with Gasteiger partial charge in [0.2, 0.25) is 5.91 Å². The number of benzene rings is 1. The van der Waals surface area contributed by atoms with Crippen LogP contribution < -0.4 is 9.47 Å². The fraction of sp³-hybridized carbons (Fsp3) is 0.500. The van der Waals surface area contributed by atoms with Crippen molar-refractivity contribution in [1.29, 1.82) is 0 Å². The number of nitrogens with zero attached hydrogens (tertiary/aromatic N) is 3. The summed E-state index contributed by atoms with van der Waals surface area (Å²) < 4.78 is 21.6. The van der Waals surface area contributed by atoms with E-state index in [0.29, 0.717) is 60.5 Å². The zero-order valence-electron chi connectivity index (χ0n) is 23.0. The molecule has 11 heteroatoms. The highest BCUT2D eigenvalue weighted by Crippen LogP contribution is 2.46.